The molecule has 112 valence electrons. The first-order valence-corrected chi connectivity index (χ1v) is 8.12. The van der Waals surface area contributed by atoms with E-state index in [2.05, 4.69) is 27.8 Å². The van der Waals surface area contributed by atoms with E-state index in [4.69, 9.17) is 10.2 Å². The van der Waals surface area contributed by atoms with Crippen LogP contribution in [0.4, 0.5) is 0 Å². The maximum atomic E-state index is 4.73. The second kappa shape index (κ2) is 4.68. The van der Waals surface area contributed by atoms with E-state index in [-0.39, 0.29) is 6.17 Å². The summed E-state index contributed by atoms with van der Waals surface area (Å²) in [7, 11) is 0. The van der Waals surface area contributed by atoms with Crippen LogP contribution < -0.4 is 0 Å². The summed E-state index contributed by atoms with van der Waals surface area (Å²) >= 11 is 0. The van der Waals surface area contributed by atoms with Crippen LogP contribution in [-0.4, -0.2) is 31.0 Å². The number of hydrogen-bond donors (Lipinski definition) is 0. The molecule has 4 heterocycles. The van der Waals surface area contributed by atoms with Gasteiger partial charge in [0.15, 0.2) is 0 Å². The molecular weight excluding hydrogens is 274 g/mol. The Hall–Kier alpha value is -2.14. The first-order chi connectivity index (χ1) is 10.9. The Bertz CT molecular complexity index is 784. The Kier molecular flexibility index (Phi) is 2.64. The largest absolute Gasteiger partial charge is 0.349 e. The summed E-state index contributed by atoms with van der Waals surface area (Å²) in [5, 5.41) is 9.46. The molecule has 2 atom stereocenters. The normalized spacial score (nSPS) is 25.1. The van der Waals surface area contributed by atoms with Crippen molar-refractivity contribution in [3.8, 4) is 0 Å². The number of piperidine rings is 1. The van der Waals surface area contributed by atoms with E-state index in [0.717, 1.165) is 30.5 Å². The van der Waals surface area contributed by atoms with Crippen LogP contribution in [0.15, 0.2) is 42.6 Å². The Balaban J connectivity index is 1.55. The molecule has 2 aliphatic rings. The average Bonchev–Trinajstić information content (AvgIpc) is 3.20. The Morgan fingerprint density at radius 1 is 0.909 bits per heavy atom. The highest BCUT2D eigenvalue weighted by Gasteiger charge is 2.37. The zero-order valence-electron chi connectivity index (χ0n) is 12.5. The topological polar surface area (TPSA) is 38.9 Å². The molecule has 5 nitrogen and oxygen atoms in total. The fourth-order valence-electron chi connectivity index (χ4n) is 4.07. The zero-order chi connectivity index (χ0) is 14.5. The summed E-state index contributed by atoms with van der Waals surface area (Å²) < 4.78 is 2.40. The van der Waals surface area contributed by atoms with Crippen molar-refractivity contribution in [3.63, 3.8) is 0 Å². The third kappa shape index (κ3) is 1.75. The van der Waals surface area contributed by atoms with Gasteiger partial charge in [-0.25, -0.2) is 0 Å². The van der Waals surface area contributed by atoms with Crippen molar-refractivity contribution in [1.29, 1.82) is 0 Å². The lowest BCUT2D eigenvalue weighted by molar-refractivity contribution is 0.00377. The number of benzene rings is 1. The van der Waals surface area contributed by atoms with Gasteiger partial charge in [0.05, 0.1) is 6.04 Å². The van der Waals surface area contributed by atoms with Crippen molar-refractivity contribution in [2.45, 2.75) is 38.0 Å². The lowest BCUT2D eigenvalue weighted by Crippen LogP contribution is -2.45. The molecule has 0 radical (unpaired) electrons. The number of rotatable bonds is 1. The minimum absolute atomic E-state index is 0.287. The van der Waals surface area contributed by atoms with Crippen molar-refractivity contribution in [2.24, 2.45) is 0 Å². The first-order valence-electron chi connectivity index (χ1n) is 8.12. The molecule has 1 fully saturated rings. The van der Waals surface area contributed by atoms with Gasteiger partial charge in [0.1, 0.15) is 17.2 Å². The summed E-state index contributed by atoms with van der Waals surface area (Å²) in [6, 6.07) is 13.1. The number of hydrogen-bond acceptors (Lipinski definition) is 3. The van der Waals surface area contributed by atoms with E-state index in [0.29, 0.717) is 6.04 Å². The van der Waals surface area contributed by atoms with E-state index >= 15 is 0 Å². The van der Waals surface area contributed by atoms with E-state index < -0.39 is 0 Å². The molecular formula is C17H19N5. The molecule has 0 aliphatic carbocycles. The van der Waals surface area contributed by atoms with E-state index in [1.807, 2.05) is 29.1 Å². The lowest BCUT2D eigenvalue weighted by Gasteiger charge is -2.44. The fourth-order valence-corrected chi connectivity index (χ4v) is 4.07. The van der Waals surface area contributed by atoms with Crippen molar-refractivity contribution >= 4 is 11.0 Å². The molecule has 0 unspecified atom stereocenters. The van der Waals surface area contributed by atoms with Gasteiger partial charge in [-0.05, 0) is 43.5 Å². The minimum atomic E-state index is 0.287. The monoisotopic (exact) mass is 293 g/mol. The SMILES string of the molecule is c1ccc2nn([C@H]3CCC[C@H]4c5cccn5CCN43)nc2c1. The van der Waals surface area contributed by atoms with Crippen molar-refractivity contribution in [1.82, 2.24) is 24.5 Å². The number of nitrogens with zero attached hydrogens (tertiary/aromatic N) is 5. The summed E-state index contributed by atoms with van der Waals surface area (Å²) in [5.74, 6) is 0. The predicted octanol–water partition coefficient (Wildman–Crippen LogP) is 2.97. The van der Waals surface area contributed by atoms with Gasteiger partial charge in [-0.2, -0.15) is 15.0 Å². The molecule has 0 saturated carbocycles. The van der Waals surface area contributed by atoms with Gasteiger partial charge in [-0.3, -0.25) is 4.90 Å². The molecule has 2 aromatic heterocycles. The van der Waals surface area contributed by atoms with E-state index in [1.54, 1.807) is 0 Å². The highest BCUT2D eigenvalue weighted by Crippen LogP contribution is 2.40. The molecule has 22 heavy (non-hydrogen) atoms. The zero-order valence-corrected chi connectivity index (χ0v) is 12.5. The van der Waals surface area contributed by atoms with Crippen LogP contribution in [-0.2, 0) is 6.54 Å². The maximum Gasteiger partial charge on any atom is 0.124 e. The van der Waals surface area contributed by atoms with Crippen LogP contribution in [0.5, 0.6) is 0 Å². The van der Waals surface area contributed by atoms with Gasteiger partial charge in [0, 0.05) is 25.0 Å². The molecule has 0 bridgehead atoms. The highest BCUT2D eigenvalue weighted by atomic mass is 15.6. The van der Waals surface area contributed by atoms with Crippen molar-refractivity contribution < 1.29 is 0 Å². The second-order valence-electron chi connectivity index (χ2n) is 6.30. The molecule has 1 aromatic carbocycles. The van der Waals surface area contributed by atoms with E-state index in [9.17, 15) is 0 Å². The van der Waals surface area contributed by atoms with Crippen LogP contribution >= 0.6 is 0 Å². The quantitative estimate of drug-likeness (QED) is 0.692. The van der Waals surface area contributed by atoms with Gasteiger partial charge < -0.3 is 4.57 Å². The number of aromatic nitrogens is 4. The van der Waals surface area contributed by atoms with Gasteiger partial charge in [-0.1, -0.05) is 12.1 Å². The molecule has 0 spiro atoms. The van der Waals surface area contributed by atoms with Crippen molar-refractivity contribution in [3.05, 3.63) is 48.3 Å². The van der Waals surface area contributed by atoms with Gasteiger partial charge in [0.2, 0.25) is 0 Å². The fraction of sp³-hybridized carbons (Fsp3) is 0.412. The summed E-state index contributed by atoms with van der Waals surface area (Å²) in [6.07, 6.45) is 6.10. The maximum absolute atomic E-state index is 4.73. The molecule has 2 aliphatic heterocycles. The van der Waals surface area contributed by atoms with E-state index in [1.165, 1.54) is 18.5 Å². The molecule has 0 amide bonds. The molecule has 5 rings (SSSR count). The third-order valence-corrected chi connectivity index (χ3v) is 5.10. The van der Waals surface area contributed by atoms with Crippen LogP contribution in [0, 0.1) is 0 Å². The predicted molar refractivity (Wildman–Crippen MR) is 84.3 cm³/mol. The van der Waals surface area contributed by atoms with Crippen LogP contribution in [0.2, 0.25) is 0 Å². The van der Waals surface area contributed by atoms with Gasteiger partial charge in [0.25, 0.3) is 0 Å². The summed E-state index contributed by atoms with van der Waals surface area (Å²) in [5.41, 5.74) is 3.43. The van der Waals surface area contributed by atoms with Crippen LogP contribution in [0.1, 0.15) is 37.2 Å². The standard InChI is InChI=1S/C17H19N5/c1-2-6-14-13(5-1)18-22(19-14)17-9-3-7-16-15-8-4-10-20(15)11-12-21(16)17/h1-2,4-6,8,10,16-17H,3,7,9,11-12H2/t16-,17-/m0/s1. The van der Waals surface area contributed by atoms with Gasteiger partial charge >= 0.3 is 0 Å². The number of fused-ring (bicyclic) bond motifs is 4. The first kappa shape index (κ1) is 12.4. The minimum Gasteiger partial charge on any atom is -0.349 e. The average molecular weight is 293 g/mol. The smallest absolute Gasteiger partial charge is 0.124 e. The summed E-state index contributed by atoms with van der Waals surface area (Å²) in [6.45, 7) is 2.14. The van der Waals surface area contributed by atoms with Crippen molar-refractivity contribution in [2.75, 3.05) is 6.54 Å². The summed E-state index contributed by atoms with van der Waals surface area (Å²) in [4.78, 5) is 4.55. The Morgan fingerprint density at radius 3 is 2.55 bits per heavy atom. The Labute approximate surface area is 129 Å². The molecule has 0 N–H and O–H groups in total. The molecule has 3 aromatic rings. The lowest BCUT2D eigenvalue weighted by atomic mass is 9.95. The molecule has 1 saturated heterocycles. The van der Waals surface area contributed by atoms with Gasteiger partial charge in [-0.15, -0.1) is 0 Å². The Morgan fingerprint density at radius 2 is 1.73 bits per heavy atom. The third-order valence-electron chi connectivity index (χ3n) is 5.10. The second-order valence-corrected chi connectivity index (χ2v) is 6.30. The molecule has 5 heteroatoms. The van der Waals surface area contributed by atoms with Crippen LogP contribution in [0.3, 0.4) is 0 Å². The highest BCUT2D eigenvalue weighted by molar-refractivity contribution is 5.72. The van der Waals surface area contributed by atoms with Crippen LogP contribution in [0.25, 0.3) is 11.0 Å².